The highest BCUT2D eigenvalue weighted by Gasteiger charge is 2.35. The number of carbonyl (C=O) groups excluding carboxylic acids is 1. The van der Waals surface area contributed by atoms with E-state index in [1.165, 1.54) is 7.11 Å². The van der Waals surface area contributed by atoms with E-state index in [4.69, 9.17) is 9.84 Å². The van der Waals surface area contributed by atoms with Gasteiger partial charge in [-0.1, -0.05) is 12.1 Å². The minimum Gasteiger partial charge on any atom is -0.494 e. The molecular weight excluding hydrogens is 525 g/mol. The molecule has 0 atom stereocenters. The van der Waals surface area contributed by atoms with Gasteiger partial charge in [0.25, 0.3) is 0 Å². The van der Waals surface area contributed by atoms with Gasteiger partial charge in [-0.15, -0.1) is 0 Å². The molecule has 2 aliphatic rings. The molecule has 5 rings (SSSR count). The van der Waals surface area contributed by atoms with Crippen LogP contribution in [0.25, 0.3) is 0 Å². The number of hydrogen-bond acceptors (Lipinski definition) is 8. The number of aliphatic hydroxyl groups is 1. The quantitative estimate of drug-likeness (QED) is 0.367. The number of piperazine rings is 1. The molecule has 0 aliphatic carbocycles. The number of aliphatic hydroxyl groups excluding tert-OH is 1. The van der Waals surface area contributed by atoms with Gasteiger partial charge in [0.05, 0.1) is 37.1 Å². The molecule has 12 heteroatoms. The van der Waals surface area contributed by atoms with Crippen molar-refractivity contribution in [2.75, 3.05) is 62.0 Å². The van der Waals surface area contributed by atoms with E-state index in [1.807, 2.05) is 18.2 Å². The standard InChI is InChI=1S/C28H31F3N6O3/c1-40-25-15-19(37-11-9-36(10-12-37)13-14-38)6-8-24(25)35-27-32-17-21(28(29,30)31)23(34-27)7-5-18-3-2-4-22-20(18)16-26(39)33-22/h2-4,6,8,15,17,38H,5,7,9-14,16H2,1H3,(H,33,39)(H,32,34,35). The largest absolute Gasteiger partial charge is 0.494 e. The number of nitrogens with one attached hydrogen (secondary N) is 2. The molecule has 2 aromatic carbocycles. The van der Waals surface area contributed by atoms with E-state index in [-0.39, 0.29) is 37.0 Å². The lowest BCUT2D eigenvalue weighted by Gasteiger charge is -2.36. The zero-order valence-corrected chi connectivity index (χ0v) is 22.1. The van der Waals surface area contributed by atoms with Gasteiger partial charge in [-0.3, -0.25) is 9.69 Å². The van der Waals surface area contributed by atoms with Gasteiger partial charge in [0.2, 0.25) is 11.9 Å². The first-order chi connectivity index (χ1) is 19.2. The average Bonchev–Trinajstić information content (AvgIpc) is 3.33. The lowest BCUT2D eigenvalue weighted by Crippen LogP contribution is -2.47. The molecule has 1 amide bonds. The molecule has 3 N–H and O–H groups in total. The number of nitrogens with zero attached hydrogens (tertiary/aromatic N) is 4. The van der Waals surface area contributed by atoms with Crippen LogP contribution in [-0.4, -0.2) is 72.3 Å². The van der Waals surface area contributed by atoms with Gasteiger partial charge in [-0.25, -0.2) is 9.97 Å². The second-order valence-electron chi connectivity index (χ2n) is 9.78. The summed E-state index contributed by atoms with van der Waals surface area (Å²) in [6.45, 7) is 4.06. The normalized spacial score (nSPS) is 15.6. The molecule has 9 nitrogen and oxygen atoms in total. The van der Waals surface area contributed by atoms with Gasteiger partial charge in [-0.2, -0.15) is 13.2 Å². The Morgan fingerprint density at radius 3 is 2.65 bits per heavy atom. The maximum Gasteiger partial charge on any atom is 0.419 e. The summed E-state index contributed by atoms with van der Waals surface area (Å²) in [6.07, 6.45) is -3.28. The first kappa shape index (κ1) is 27.7. The molecule has 3 aromatic rings. The Hall–Kier alpha value is -3.90. The fourth-order valence-corrected chi connectivity index (χ4v) is 5.18. The summed E-state index contributed by atoms with van der Waals surface area (Å²) in [5, 5.41) is 14.9. The SMILES string of the molecule is COc1cc(N2CCN(CCO)CC2)ccc1Nc1ncc(C(F)(F)F)c(CCc2cccc3c2CC(=O)N3)n1. The first-order valence-electron chi connectivity index (χ1n) is 13.1. The fourth-order valence-electron chi connectivity index (χ4n) is 5.18. The highest BCUT2D eigenvalue weighted by atomic mass is 19.4. The number of fused-ring (bicyclic) bond motifs is 1. The number of β-amino-alcohol motifs (C(OH)–C–C–N with tert-alkyl or cyclic N) is 1. The van der Waals surface area contributed by atoms with Crippen molar-refractivity contribution in [1.82, 2.24) is 14.9 Å². The lowest BCUT2D eigenvalue weighted by atomic mass is 9.98. The molecule has 0 radical (unpaired) electrons. The number of amides is 1. The molecule has 1 saturated heterocycles. The first-order valence-corrected chi connectivity index (χ1v) is 13.1. The predicted molar refractivity (Wildman–Crippen MR) is 145 cm³/mol. The van der Waals surface area contributed by atoms with Crippen molar-refractivity contribution in [3.63, 3.8) is 0 Å². The van der Waals surface area contributed by atoms with Crippen molar-refractivity contribution >= 4 is 28.9 Å². The number of aryl methyl sites for hydroxylation is 2. The molecule has 1 fully saturated rings. The van der Waals surface area contributed by atoms with E-state index < -0.39 is 11.7 Å². The zero-order valence-electron chi connectivity index (χ0n) is 22.1. The highest BCUT2D eigenvalue weighted by Crippen LogP contribution is 2.35. The van der Waals surface area contributed by atoms with Crippen LogP contribution in [0.15, 0.2) is 42.6 Å². The van der Waals surface area contributed by atoms with Crippen LogP contribution in [0.1, 0.15) is 22.4 Å². The maximum atomic E-state index is 13.8. The van der Waals surface area contributed by atoms with E-state index in [9.17, 15) is 18.0 Å². The van der Waals surface area contributed by atoms with Gasteiger partial charge in [0, 0.05) is 56.4 Å². The van der Waals surface area contributed by atoms with Gasteiger partial charge in [0.15, 0.2) is 0 Å². The molecular formula is C28H31F3N6O3. The van der Waals surface area contributed by atoms with Crippen LogP contribution in [0, 0.1) is 0 Å². The third kappa shape index (κ3) is 6.13. The van der Waals surface area contributed by atoms with Crippen molar-refractivity contribution in [1.29, 1.82) is 0 Å². The summed E-state index contributed by atoms with van der Waals surface area (Å²) >= 11 is 0. The average molecular weight is 557 g/mol. The molecule has 1 aromatic heterocycles. The van der Waals surface area contributed by atoms with Crippen LogP contribution in [0.4, 0.5) is 36.2 Å². The smallest absolute Gasteiger partial charge is 0.419 e. The van der Waals surface area contributed by atoms with Crippen molar-refractivity contribution < 1.29 is 27.8 Å². The molecule has 212 valence electrons. The molecule has 2 aliphatic heterocycles. The predicted octanol–water partition coefficient (Wildman–Crippen LogP) is 3.64. The molecule has 0 unspecified atom stereocenters. The molecule has 3 heterocycles. The minimum atomic E-state index is -4.61. The fraction of sp³-hybridized carbons (Fsp3) is 0.393. The second-order valence-corrected chi connectivity index (χ2v) is 9.78. The highest BCUT2D eigenvalue weighted by molar-refractivity contribution is 5.99. The maximum absolute atomic E-state index is 13.8. The number of carbonyl (C=O) groups is 1. The number of ether oxygens (including phenoxy) is 1. The third-order valence-electron chi connectivity index (χ3n) is 7.27. The van der Waals surface area contributed by atoms with E-state index in [1.54, 1.807) is 18.2 Å². The summed E-state index contributed by atoms with van der Waals surface area (Å²) in [5.41, 5.74) is 2.80. The monoisotopic (exact) mass is 556 g/mol. The van der Waals surface area contributed by atoms with E-state index in [2.05, 4.69) is 30.4 Å². The molecule has 0 spiro atoms. The number of benzene rings is 2. The van der Waals surface area contributed by atoms with Crippen molar-refractivity contribution in [3.05, 3.63) is 65.0 Å². The summed E-state index contributed by atoms with van der Waals surface area (Å²) in [4.78, 5) is 24.4. The van der Waals surface area contributed by atoms with Gasteiger partial charge < -0.3 is 25.4 Å². The number of alkyl halides is 3. The van der Waals surface area contributed by atoms with Crippen LogP contribution >= 0.6 is 0 Å². The Kier molecular flexibility index (Phi) is 8.08. The van der Waals surface area contributed by atoms with Crippen molar-refractivity contribution in [2.24, 2.45) is 0 Å². The number of aromatic nitrogens is 2. The van der Waals surface area contributed by atoms with Crippen molar-refractivity contribution in [3.8, 4) is 5.75 Å². The van der Waals surface area contributed by atoms with E-state index in [0.29, 0.717) is 30.1 Å². The Bertz CT molecular complexity index is 1380. The number of rotatable bonds is 9. The Morgan fingerprint density at radius 2 is 1.93 bits per heavy atom. The Balaban J connectivity index is 1.34. The third-order valence-corrected chi connectivity index (χ3v) is 7.27. The molecule has 0 bridgehead atoms. The lowest BCUT2D eigenvalue weighted by molar-refractivity contribution is -0.138. The van der Waals surface area contributed by atoms with E-state index in [0.717, 1.165) is 49.2 Å². The number of anilines is 4. The summed E-state index contributed by atoms with van der Waals surface area (Å²) in [7, 11) is 1.53. The summed E-state index contributed by atoms with van der Waals surface area (Å²) in [6, 6.07) is 11.0. The Morgan fingerprint density at radius 1 is 1.12 bits per heavy atom. The van der Waals surface area contributed by atoms with Crippen LogP contribution < -0.4 is 20.3 Å². The minimum absolute atomic E-state index is 0.0228. The van der Waals surface area contributed by atoms with Crippen LogP contribution in [0.2, 0.25) is 0 Å². The number of halogens is 3. The zero-order chi connectivity index (χ0) is 28.3. The number of methoxy groups -OCH3 is 1. The second kappa shape index (κ2) is 11.7. The van der Waals surface area contributed by atoms with Gasteiger partial charge >= 0.3 is 6.18 Å². The van der Waals surface area contributed by atoms with Gasteiger partial charge in [0.1, 0.15) is 5.75 Å². The number of hydrogen-bond donors (Lipinski definition) is 3. The molecule has 0 saturated carbocycles. The van der Waals surface area contributed by atoms with Crippen LogP contribution in [0.3, 0.4) is 0 Å². The summed E-state index contributed by atoms with van der Waals surface area (Å²) < 4.78 is 47.0. The van der Waals surface area contributed by atoms with Crippen molar-refractivity contribution in [2.45, 2.75) is 25.4 Å². The van der Waals surface area contributed by atoms with Crippen LogP contribution in [0.5, 0.6) is 5.75 Å². The van der Waals surface area contributed by atoms with Gasteiger partial charge in [-0.05, 0) is 42.2 Å². The van der Waals surface area contributed by atoms with Crippen LogP contribution in [-0.2, 0) is 30.2 Å². The Labute approximate surface area is 230 Å². The van der Waals surface area contributed by atoms with E-state index >= 15 is 0 Å². The topological polar surface area (TPSA) is 103 Å². The molecule has 40 heavy (non-hydrogen) atoms. The summed E-state index contributed by atoms with van der Waals surface area (Å²) in [5.74, 6) is 0.412.